The molecule has 2 aromatic rings. The van der Waals surface area contributed by atoms with Crippen LogP contribution in [0.2, 0.25) is 0 Å². The maximum Gasteiger partial charge on any atom is 0.260 e. The minimum atomic E-state index is -0.225. The number of carbonyl (C=O) groups is 1. The van der Waals surface area contributed by atoms with Crippen molar-refractivity contribution >= 4 is 22.8 Å². The van der Waals surface area contributed by atoms with Gasteiger partial charge in [-0.2, -0.15) is 0 Å². The summed E-state index contributed by atoms with van der Waals surface area (Å²) in [5.41, 5.74) is 0.371. The first-order valence-corrected chi connectivity index (χ1v) is 6.08. The highest BCUT2D eigenvalue weighted by atomic mass is 16.2. The van der Waals surface area contributed by atoms with Crippen molar-refractivity contribution < 1.29 is 4.79 Å². The van der Waals surface area contributed by atoms with Crippen LogP contribution in [0.15, 0.2) is 29.1 Å². The summed E-state index contributed by atoms with van der Waals surface area (Å²) in [4.78, 5) is 30.1. The standard InChI is InChI=1S/C13H16N4O2/c1-8(2)15-11(18)7-14-13-16-10-6-4-3-5-9(10)12(19)17-13/h3-6,8H,7H2,1-2H3,(H,15,18)(H2,14,16,17,19). The second-order valence-electron chi connectivity index (χ2n) is 4.51. The molecule has 0 aliphatic rings. The molecule has 100 valence electrons. The van der Waals surface area contributed by atoms with Crippen LogP contribution in [0.3, 0.4) is 0 Å². The number of fused-ring (bicyclic) bond motifs is 1. The number of amides is 1. The fraction of sp³-hybridized carbons (Fsp3) is 0.308. The van der Waals surface area contributed by atoms with Gasteiger partial charge in [0.1, 0.15) is 0 Å². The number of H-pyrrole nitrogens is 1. The number of carbonyl (C=O) groups excluding carboxylic acids is 1. The Labute approximate surface area is 110 Å². The summed E-state index contributed by atoms with van der Waals surface area (Å²) >= 11 is 0. The van der Waals surface area contributed by atoms with E-state index < -0.39 is 0 Å². The van der Waals surface area contributed by atoms with Crippen molar-refractivity contribution in [2.24, 2.45) is 0 Å². The zero-order chi connectivity index (χ0) is 13.8. The van der Waals surface area contributed by atoms with Gasteiger partial charge in [-0.1, -0.05) is 12.1 Å². The number of aromatic nitrogens is 2. The Balaban J connectivity index is 2.14. The molecule has 2 rings (SSSR count). The van der Waals surface area contributed by atoms with E-state index in [4.69, 9.17) is 0 Å². The van der Waals surface area contributed by atoms with E-state index in [-0.39, 0.29) is 24.1 Å². The fourth-order valence-electron chi connectivity index (χ4n) is 1.71. The summed E-state index contributed by atoms with van der Waals surface area (Å²) in [7, 11) is 0. The Bertz CT molecular complexity index is 648. The van der Waals surface area contributed by atoms with E-state index >= 15 is 0 Å². The second kappa shape index (κ2) is 5.51. The highest BCUT2D eigenvalue weighted by Gasteiger charge is 2.06. The molecule has 19 heavy (non-hydrogen) atoms. The average Bonchev–Trinajstić information content (AvgIpc) is 2.36. The number of aromatic amines is 1. The van der Waals surface area contributed by atoms with E-state index in [1.807, 2.05) is 19.9 Å². The van der Waals surface area contributed by atoms with Crippen LogP contribution in [-0.2, 0) is 4.79 Å². The maximum absolute atomic E-state index is 11.8. The predicted octanol–water partition coefficient (Wildman–Crippen LogP) is 0.860. The molecule has 6 heteroatoms. The molecule has 0 saturated carbocycles. The first-order valence-electron chi connectivity index (χ1n) is 6.08. The Morgan fingerprint density at radius 1 is 1.37 bits per heavy atom. The number of nitrogens with zero attached hydrogens (tertiary/aromatic N) is 1. The number of hydrogen-bond donors (Lipinski definition) is 3. The molecule has 3 N–H and O–H groups in total. The summed E-state index contributed by atoms with van der Waals surface area (Å²) < 4.78 is 0. The minimum absolute atomic E-state index is 0.0689. The number of nitrogens with one attached hydrogen (secondary N) is 3. The van der Waals surface area contributed by atoms with Crippen LogP contribution in [0.5, 0.6) is 0 Å². The molecule has 0 spiro atoms. The summed E-state index contributed by atoms with van der Waals surface area (Å²) in [5.74, 6) is 0.147. The van der Waals surface area contributed by atoms with Crippen LogP contribution >= 0.6 is 0 Å². The van der Waals surface area contributed by atoms with Gasteiger partial charge in [-0.15, -0.1) is 0 Å². The van der Waals surface area contributed by atoms with Crippen LogP contribution in [-0.4, -0.2) is 28.5 Å². The molecule has 0 saturated heterocycles. The lowest BCUT2D eigenvalue weighted by atomic mass is 10.2. The molecular weight excluding hydrogens is 244 g/mol. The quantitative estimate of drug-likeness (QED) is 0.761. The molecule has 1 aromatic heterocycles. The lowest BCUT2D eigenvalue weighted by Crippen LogP contribution is -2.35. The third-order valence-electron chi connectivity index (χ3n) is 2.48. The van der Waals surface area contributed by atoms with Crippen molar-refractivity contribution in [3.8, 4) is 0 Å². The van der Waals surface area contributed by atoms with Gasteiger partial charge in [-0.3, -0.25) is 14.6 Å². The molecule has 0 aliphatic heterocycles. The highest BCUT2D eigenvalue weighted by molar-refractivity contribution is 5.81. The molecule has 0 fully saturated rings. The van der Waals surface area contributed by atoms with Crippen molar-refractivity contribution in [1.82, 2.24) is 15.3 Å². The highest BCUT2D eigenvalue weighted by Crippen LogP contribution is 2.07. The summed E-state index contributed by atoms with van der Waals surface area (Å²) in [6.45, 7) is 3.83. The fourth-order valence-corrected chi connectivity index (χ4v) is 1.71. The molecule has 0 atom stereocenters. The van der Waals surface area contributed by atoms with Gasteiger partial charge in [0.15, 0.2) is 0 Å². The molecule has 0 aliphatic carbocycles. The Hall–Kier alpha value is -2.37. The smallest absolute Gasteiger partial charge is 0.260 e. The topological polar surface area (TPSA) is 86.9 Å². The third kappa shape index (κ3) is 3.31. The van der Waals surface area contributed by atoms with Crippen LogP contribution in [0.25, 0.3) is 10.9 Å². The molecule has 6 nitrogen and oxygen atoms in total. The largest absolute Gasteiger partial charge is 0.352 e. The zero-order valence-electron chi connectivity index (χ0n) is 10.9. The average molecular weight is 260 g/mol. The van der Waals surface area contributed by atoms with Crippen LogP contribution in [0.1, 0.15) is 13.8 Å². The molecule has 1 aromatic carbocycles. The Kier molecular flexibility index (Phi) is 3.79. The monoisotopic (exact) mass is 260 g/mol. The van der Waals surface area contributed by atoms with E-state index in [0.29, 0.717) is 16.9 Å². The maximum atomic E-state index is 11.8. The van der Waals surface area contributed by atoms with Gasteiger partial charge in [-0.05, 0) is 26.0 Å². The molecule has 1 heterocycles. The number of rotatable bonds is 4. The lowest BCUT2D eigenvalue weighted by molar-refractivity contribution is -0.119. The van der Waals surface area contributed by atoms with Crippen molar-refractivity contribution in [2.75, 3.05) is 11.9 Å². The van der Waals surface area contributed by atoms with Crippen molar-refractivity contribution in [3.05, 3.63) is 34.6 Å². The van der Waals surface area contributed by atoms with Crippen LogP contribution < -0.4 is 16.2 Å². The van der Waals surface area contributed by atoms with E-state index in [9.17, 15) is 9.59 Å². The van der Waals surface area contributed by atoms with E-state index in [0.717, 1.165) is 0 Å². The predicted molar refractivity (Wildman–Crippen MR) is 74.1 cm³/mol. The van der Waals surface area contributed by atoms with E-state index in [1.54, 1.807) is 18.2 Å². The minimum Gasteiger partial charge on any atom is -0.352 e. The molecule has 0 bridgehead atoms. The van der Waals surface area contributed by atoms with Crippen LogP contribution in [0, 0.1) is 0 Å². The van der Waals surface area contributed by atoms with Gasteiger partial charge >= 0.3 is 0 Å². The van der Waals surface area contributed by atoms with Gasteiger partial charge in [0.25, 0.3) is 5.56 Å². The summed E-state index contributed by atoms with van der Waals surface area (Å²) in [6.07, 6.45) is 0. The van der Waals surface area contributed by atoms with E-state index in [2.05, 4.69) is 20.6 Å². The molecule has 0 unspecified atom stereocenters. The van der Waals surface area contributed by atoms with Crippen molar-refractivity contribution in [2.45, 2.75) is 19.9 Å². The summed E-state index contributed by atoms with van der Waals surface area (Å²) in [5, 5.41) is 6.08. The van der Waals surface area contributed by atoms with Gasteiger partial charge < -0.3 is 10.6 Å². The summed E-state index contributed by atoms with van der Waals surface area (Å²) in [6, 6.07) is 7.13. The molecule has 1 amide bonds. The number of benzene rings is 1. The Morgan fingerprint density at radius 3 is 2.84 bits per heavy atom. The van der Waals surface area contributed by atoms with Gasteiger partial charge in [0.2, 0.25) is 11.9 Å². The first kappa shape index (κ1) is 13.1. The number of hydrogen-bond acceptors (Lipinski definition) is 4. The van der Waals surface area contributed by atoms with Crippen molar-refractivity contribution in [3.63, 3.8) is 0 Å². The normalized spacial score (nSPS) is 10.7. The SMILES string of the molecule is CC(C)NC(=O)CNc1nc2ccccc2c(=O)[nH]1. The first-order chi connectivity index (χ1) is 9.06. The molecular formula is C13H16N4O2. The second-order valence-corrected chi connectivity index (χ2v) is 4.51. The van der Waals surface area contributed by atoms with Crippen LogP contribution in [0.4, 0.5) is 5.95 Å². The van der Waals surface area contributed by atoms with E-state index in [1.165, 1.54) is 0 Å². The van der Waals surface area contributed by atoms with Gasteiger partial charge in [0, 0.05) is 6.04 Å². The Morgan fingerprint density at radius 2 is 2.11 bits per heavy atom. The van der Waals surface area contributed by atoms with Gasteiger partial charge in [0.05, 0.1) is 17.4 Å². The lowest BCUT2D eigenvalue weighted by Gasteiger charge is -2.09. The van der Waals surface area contributed by atoms with Crippen molar-refractivity contribution in [1.29, 1.82) is 0 Å². The zero-order valence-corrected chi connectivity index (χ0v) is 10.9. The number of para-hydroxylation sites is 1. The molecule has 0 radical (unpaired) electrons. The third-order valence-corrected chi connectivity index (χ3v) is 2.48. The van der Waals surface area contributed by atoms with Gasteiger partial charge in [-0.25, -0.2) is 4.98 Å². The number of anilines is 1.